The molecule has 0 bridgehead atoms. The molecule has 0 aliphatic rings. The maximum Gasteiger partial charge on any atom is 0.352 e. The van der Waals surface area contributed by atoms with E-state index >= 15 is 0 Å². The van der Waals surface area contributed by atoms with Gasteiger partial charge < -0.3 is 10.1 Å². The van der Waals surface area contributed by atoms with Crippen LogP contribution in [-0.2, 0) is 0 Å². The molecule has 0 amide bonds. The smallest absolute Gasteiger partial charge is 0.352 e. The van der Waals surface area contributed by atoms with E-state index in [9.17, 15) is 9.59 Å². The summed E-state index contributed by atoms with van der Waals surface area (Å²) in [5.74, 6) is -1.41. The number of benzene rings is 1. The van der Waals surface area contributed by atoms with Gasteiger partial charge in [-0.1, -0.05) is 27.5 Å². The van der Waals surface area contributed by atoms with Crippen molar-refractivity contribution in [3.05, 3.63) is 56.8 Å². The number of carboxylic acids is 1. The molecule has 0 atom stereocenters. The van der Waals surface area contributed by atoms with Crippen molar-refractivity contribution in [2.45, 2.75) is 0 Å². The zero-order chi connectivity index (χ0) is 13.3. The average molecular weight is 329 g/mol. The molecule has 0 aliphatic carbocycles. The molecule has 4 nitrogen and oxygen atoms in total. The molecule has 1 aromatic carbocycles. The second-order valence-electron chi connectivity index (χ2n) is 3.56. The normalized spacial score (nSPS) is 10.3. The van der Waals surface area contributed by atoms with Crippen LogP contribution in [0.2, 0.25) is 5.02 Å². The number of aromatic carboxylic acids is 1. The van der Waals surface area contributed by atoms with Gasteiger partial charge in [-0.2, -0.15) is 0 Å². The van der Waals surface area contributed by atoms with Crippen LogP contribution in [0.4, 0.5) is 0 Å². The van der Waals surface area contributed by atoms with Gasteiger partial charge in [-0.3, -0.25) is 4.79 Å². The third-order valence-electron chi connectivity index (χ3n) is 2.35. The molecule has 2 aromatic rings. The van der Waals surface area contributed by atoms with Gasteiger partial charge in [0.05, 0.1) is 0 Å². The number of H-pyrrole nitrogens is 1. The Morgan fingerprint density at radius 2 is 2.00 bits per heavy atom. The third kappa shape index (κ3) is 2.47. The number of aromatic nitrogens is 1. The predicted octanol–water partition coefficient (Wildman–Crippen LogP) is 3.36. The molecule has 0 saturated heterocycles. The Morgan fingerprint density at radius 1 is 1.28 bits per heavy atom. The summed E-state index contributed by atoms with van der Waals surface area (Å²) in [6.07, 6.45) is 1.36. The average Bonchev–Trinajstić information content (AvgIpc) is 2.81. The first kappa shape index (κ1) is 12.9. The van der Waals surface area contributed by atoms with Crippen molar-refractivity contribution in [2.24, 2.45) is 0 Å². The van der Waals surface area contributed by atoms with Crippen LogP contribution in [0, 0.1) is 0 Å². The number of rotatable bonds is 3. The molecule has 2 N–H and O–H groups in total. The van der Waals surface area contributed by atoms with E-state index in [1.807, 2.05) is 0 Å². The molecule has 2 rings (SSSR count). The molecule has 18 heavy (non-hydrogen) atoms. The zero-order valence-electron chi connectivity index (χ0n) is 8.91. The van der Waals surface area contributed by atoms with Gasteiger partial charge in [-0.15, -0.1) is 0 Å². The SMILES string of the molecule is O=C(O)c1cc(C(=O)c2cc(Cl)ccc2Br)c[nH]1. The molecule has 1 heterocycles. The fourth-order valence-electron chi connectivity index (χ4n) is 1.48. The second-order valence-corrected chi connectivity index (χ2v) is 4.85. The van der Waals surface area contributed by atoms with Crippen molar-refractivity contribution >= 4 is 39.3 Å². The van der Waals surface area contributed by atoms with Crippen LogP contribution in [-0.4, -0.2) is 21.8 Å². The first-order chi connectivity index (χ1) is 8.49. The van der Waals surface area contributed by atoms with Gasteiger partial charge in [-0.25, -0.2) is 4.79 Å². The van der Waals surface area contributed by atoms with Crippen LogP contribution in [0.3, 0.4) is 0 Å². The Hall–Kier alpha value is -1.59. The lowest BCUT2D eigenvalue weighted by Gasteiger charge is -2.02. The summed E-state index contributed by atoms with van der Waals surface area (Å²) in [7, 11) is 0. The van der Waals surface area contributed by atoms with Crippen molar-refractivity contribution in [3.8, 4) is 0 Å². The number of carbonyl (C=O) groups excluding carboxylic acids is 1. The highest BCUT2D eigenvalue weighted by Crippen LogP contribution is 2.24. The Kier molecular flexibility index (Phi) is 3.54. The van der Waals surface area contributed by atoms with Crippen molar-refractivity contribution in [1.82, 2.24) is 4.98 Å². The van der Waals surface area contributed by atoms with Crippen LogP contribution < -0.4 is 0 Å². The highest BCUT2D eigenvalue weighted by molar-refractivity contribution is 9.10. The van der Waals surface area contributed by atoms with Gasteiger partial charge in [0.25, 0.3) is 0 Å². The molecule has 0 aliphatic heterocycles. The van der Waals surface area contributed by atoms with Gasteiger partial charge in [0.1, 0.15) is 5.69 Å². The monoisotopic (exact) mass is 327 g/mol. The van der Waals surface area contributed by atoms with E-state index in [-0.39, 0.29) is 17.0 Å². The molecule has 0 fully saturated rings. The number of halogens is 2. The fraction of sp³-hybridized carbons (Fsp3) is 0. The van der Waals surface area contributed by atoms with Crippen molar-refractivity contribution < 1.29 is 14.7 Å². The Balaban J connectivity index is 2.41. The van der Waals surface area contributed by atoms with Gasteiger partial charge >= 0.3 is 5.97 Å². The number of ketones is 1. The van der Waals surface area contributed by atoms with Crippen molar-refractivity contribution in [1.29, 1.82) is 0 Å². The number of nitrogens with one attached hydrogen (secondary N) is 1. The van der Waals surface area contributed by atoms with E-state index < -0.39 is 5.97 Å². The van der Waals surface area contributed by atoms with E-state index in [0.29, 0.717) is 15.1 Å². The van der Waals surface area contributed by atoms with Crippen molar-refractivity contribution in [2.75, 3.05) is 0 Å². The van der Waals surface area contributed by atoms with E-state index in [4.69, 9.17) is 16.7 Å². The van der Waals surface area contributed by atoms with E-state index in [0.717, 1.165) is 0 Å². The lowest BCUT2D eigenvalue weighted by Crippen LogP contribution is -2.01. The molecule has 0 spiro atoms. The Bertz CT molecular complexity index is 636. The van der Waals surface area contributed by atoms with Crippen LogP contribution in [0.1, 0.15) is 26.4 Å². The minimum absolute atomic E-state index is 0.0310. The predicted molar refractivity (Wildman–Crippen MR) is 70.3 cm³/mol. The maximum atomic E-state index is 12.2. The van der Waals surface area contributed by atoms with Gasteiger partial charge in [0.2, 0.25) is 0 Å². The van der Waals surface area contributed by atoms with Gasteiger partial charge in [0, 0.05) is 26.8 Å². The summed E-state index contributed by atoms with van der Waals surface area (Å²) in [4.78, 5) is 25.4. The lowest BCUT2D eigenvalue weighted by molar-refractivity contribution is 0.0691. The summed E-state index contributed by atoms with van der Waals surface area (Å²) < 4.78 is 0.606. The highest BCUT2D eigenvalue weighted by atomic mass is 79.9. The zero-order valence-corrected chi connectivity index (χ0v) is 11.2. The van der Waals surface area contributed by atoms with E-state index in [1.54, 1.807) is 12.1 Å². The molecule has 0 unspecified atom stereocenters. The summed E-state index contributed by atoms with van der Waals surface area (Å²) in [6.45, 7) is 0. The molecule has 6 heteroatoms. The maximum absolute atomic E-state index is 12.2. The quantitative estimate of drug-likeness (QED) is 0.849. The summed E-state index contributed by atoms with van der Waals surface area (Å²) in [5, 5.41) is 9.22. The number of aromatic amines is 1. The summed E-state index contributed by atoms with van der Waals surface area (Å²) in [6, 6.07) is 6.14. The van der Waals surface area contributed by atoms with Crippen LogP contribution in [0.15, 0.2) is 34.9 Å². The van der Waals surface area contributed by atoms with Gasteiger partial charge in [0.15, 0.2) is 5.78 Å². The summed E-state index contributed by atoms with van der Waals surface area (Å²) >= 11 is 9.09. The highest BCUT2D eigenvalue weighted by Gasteiger charge is 2.16. The van der Waals surface area contributed by atoms with Gasteiger partial charge in [-0.05, 0) is 24.3 Å². The lowest BCUT2D eigenvalue weighted by atomic mass is 10.1. The van der Waals surface area contributed by atoms with Crippen molar-refractivity contribution in [3.63, 3.8) is 0 Å². The van der Waals surface area contributed by atoms with Crippen LogP contribution in [0.25, 0.3) is 0 Å². The second kappa shape index (κ2) is 4.96. The van der Waals surface area contributed by atoms with Crippen LogP contribution in [0.5, 0.6) is 0 Å². The number of carboxylic acid groups (broad SMARTS) is 1. The molecule has 92 valence electrons. The first-order valence-corrected chi connectivity index (χ1v) is 6.07. The molecule has 0 saturated carbocycles. The third-order valence-corrected chi connectivity index (χ3v) is 3.28. The minimum atomic E-state index is -1.11. The number of hydrogen-bond acceptors (Lipinski definition) is 2. The standard InChI is InChI=1S/C12H7BrClNO3/c13-9-2-1-7(14)4-8(9)11(16)6-3-10(12(17)18)15-5-6/h1-5,15H,(H,17,18). The first-order valence-electron chi connectivity index (χ1n) is 4.90. The topological polar surface area (TPSA) is 70.2 Å². The van der Waals surface area contributed by atoms with E-state index in [1.165, 1.54) is 18.3 Å². The molecular weight excluding hydrogens is 321 g/mol. The summed E-state index contributed by atoms with van der Waals surface area (Å²) in [5.41, 5.74) is 0.630. The Labute approximate surface area is 116 Å². The fourth-order valence-corrected chi connectivity index (χ4v) is 2.07. The molecule has 1 aromatic heterocycles. The molecular formula is C12H7BrClNO3. The molecule has 0 radical (unpaired) electrons. The minimum Gasteiger partial charge on any atom is -0.477 e. The van der Waals surface area contributed by atoms with E-state index in [2.05, 4.69) is 20.9 Å². The largest absolute Gasteiger partial charge is 0.477 e. The number of carbonyl (C=O) groups is 2. The number of hydrogen-bond donors (Lipinski definition) is 2. The van der Waals surface area contributed by atoms with Crippen LogP contribution >= 0.6 is 27.5 Å². The Morgan fingerprint density at radius 3 is 2.61 bits per heavy atom.